The fraction of sp³-hybridized carbons (Fsp3) is 0.455. The second-order valence-corrected chi connectivity index (χ2v) is 5.31. The zero-order valence-corrected chi connectivity index (χ0v) is 10.7. The van der Waals surface area contributed by atoms with E-state index in [1.807, 2.05) is 32.0 Å². The van der Waals surface area contributed by atoms with Crippen LogP contribution in [0.4, 0.5) is 11.4 Å². The van der Waals surface area contributed by atoms with Gasteiger partial charge in [-0.15, -0.1) is 0 Å². The summed E-state index contributed by atoms with van der Waals surface area (Å²) in [5, 5.41) is 0. The molecule has 0 amide bonds. The summed E-state index contributed by atoms with van der Waals surface area (Å²) in [7, 11) is -3.23. The molecule has 1 rings (SSSR count). The molecule has 0 saturated heterocycles. The van der Waals surface area contributed by atoms with Crippen LogP contribution in [0.15, 0.2) is 24.3 Å². The maximum Gasteiger partial charge on any atom is 0.229 e. The topological polar surface area (TPSA) is 49.4 Å². The minimum Gasteiger partial charge on any atom is -0.370 e. The van der Waals surface area contributed by atoms with Crippen LogP contribution in [0.5, 0.6) is 0 Å². The Morgan fingerprint density at radius 2 is 1.75 bits per heavy atom. The highest BCUT2D eigenvalue weighted by molar-refractivity contribution is 7.92. The molecule has 0 atom stereocenters. The fourth-order valence-electron chi connectivity index (χ4n) is 1.60. The number of sulfonamides is 1. The van der Waals surface area contributed by atoms with Crippen LogP contribution < -0.4 is 9.62 Å². The number of anilines is 2. The van der Waals surface area contributed by atoms with E-state index < -0.39 is 10.0 Å². The van der Waals surface area contributed by atoms with Crippen LogP contribution >= 0.6 is 0 Å². The SMILES string of the molecule is CCN(CC)c1ccccc1NS(C)(=O)=O. The summed E-state index contributed by atoms with van der Waals surface area (Å²) in [6.07, 6.45) is 1.16. The van der Waals surface area contributed by atoms with Crippen LogP contribution in [-0.4, -0.2) is 27.8 Å². The molecule has 5 heteroatoms. The second-order valence-electron chi connectivity index (χ2n) is 3.56. The molecule has 1 aromatic carbocycles. The van der Waals surface area contributed by atoms with Gasteiger partial charge in [0.25, 0.3) is 0 Å². The molecule has 16 heavy (non-hydrogen) atoms. The Labute approximate surface area is 97.3 Å². The van der Waals surface area contributed by atoms with Crippen LogP contribution in [0.2, 0.25) is 0 Å². The van der Waals surface area contributed by atoms with E-state index in [1.54, 1.807) is 6.07 Å². The molecule has 0 aliphatic heterocycles. The first-order valence-corrected chi connectivity index (χ1v) is 7.18. The number of nitrogens with one attached hydrogen (secondary N) is 1. The summed E-state index contributed by atoms with van der Waals surface area (Å²) in [4.78, 5) is 2.10. The highest BCUT2D eigenvalue weighted by atomic mass is 32.2. The van der Waals surface area contributed by atoms with Crippen molar-refractivity contribution in [3.8, 4) is 0 Å². The minimum absolute atomic E-state index is 0.633. The third-order valence-electron chi connectivity index (χ3n) is 2.30. The summed E-state index contributed by atoms with van der Waals surface area (Å²) in [5.41, 5.74) is 1.55. The maximum absolute atomic E-state index is 11.2. The second kappa shape index (κ2) is 5.21. The first-order chi connectivity index (χ1) is 7.48. The molecule has 90 valence electrons. The molecule has 0 bridgehead atoms. The van der Waals surface area contributed by atoms with Gasteiger partial charge in [-0.05, 0) is 26.0 Å². The maximum atomic E-state index is 11.2. The van der Waals surface area contributed by atoms with Crippen molar-refractivity contribution >= 4 is 21.4 Å². The van der Waals surface area contributed by atoms with Crippen LogP contribution in [0, 0.1) is 0 Å². The van der Waals surface area contributed by atoms with Gasteiger partial charge in [-0.1, -0.05) is 12.1 Å². The van der Waals surface area contributed by atoms with Gasteiger partial charge in [-0.25, -0.2) is 8.42 Å². The van der Waals surface area contributed by atoms with E-state index in [0.29, 0.717) is 5.69 Å². The zero-order chi connectivity index (χ0) is 12.2. The summed E-state index contributed by atoms with van der Waals surface area (Å²) < 4.78 is 25.0. The van der Waals surface area contributed by atoms with Crippen molar-refractivity contribution in [3.05, 3.63) is 24.3 Å². The number of rotatable bonds is 5. The molecule has 0 aliphatic carbocycles. The van der Waals surface area contributed by atoms with Crippen molar-refractivity contribution in [2.45, 2.75) is 13.8 Å². The predicted octanol–water partition coefficient (Wildman–Crippen LogP) is 1.90. The average molecular weight is 242 g/mol. The lowest BCUT2D eigenvalue weighted by atomic mass is 10.2. The molecule has 0 aliphatic rings. The van der Waals surface area contributed by atoms with E-state index in [4.69, 9.17) is 0 Å². The van der Waals surface area contributed by atoms with E-state index >= 15 is 0 Å². The van der Waals surface area contributed by atoms with E-state index in [2.05, 4.69) is 9.62 Å². The number of para-hydroxylation sites is 2. The van der Waals surface area contributed by atoms with Crippen LogP contribution in [0.1, 0.15) is 13.8 Å². The molecule has 0 unspecified atom stereocenters. The lowest BCUT2D eigenvalue weighted by molar-refractivity contribution is 0.607. The Morgan fingerprint density at radius 1 is 1.19 bits per heavy atom. The average Bonchev–Trinajstić information content (AvgIpc) is 2.20. The van der Waals surface area contributed by atoms with Gasteiger partial charge >= 0.3 is 0 Å². The van der Waals surface area contributed by atoms with Crippen molar-refractivity contribution in [1.29, 1.82) is 0 Å². The van der Waals surface area contributed by atoms with Gasteiger partial charge in [0.2, 0.25) is 10.0 Å². The number of hydrogen-bond acceptors (Lipinski definition) is 3. The lowest BCUT2D eigenvalue weighted by Crippen LogP contribution is -2.23. The van der Waals surface area contributed by atoms with E-state index in [-0.39, 0.29) is 0 Å². The summed E-state index contributed by atoms with van der Waals surface area (Å²) in [6.45, 7) is 5.78. The van der Waals surface area contributed by atoms with Crippen molar-refractivity contribution in [2.75, 3.05) is 29.0 Å². The third kappa shape index (κ3) is 3.41. The molecule has 0 spiro atoms. The number of hydrogen-bond donors (Lipinski definition) is 1. The molecule has 4 nitrogen and oxygen atoms in total. The van der Waals surface area contributed by atoms with Crippen molar-refractivity contribution in [1.82, 2.24) is 0 Å². The van der Waals surface area contributed by atoms with Gasteiger partial charge in [-0.3, -0.25) is 4.72 Å². The number of nitrogens with zero attached hydrogens (tertiary/aromatic N) is 1. The Bertz CT molecular complexity index is 439. The molecular weight excluding hydrogens is 224 g/mol. The predicted molar refractivity (Wildman–Crippen MR) is 68.5 cm³/mol. The van der Waals surface area contributed by atoms with Crippen LogP contribution in [0.3, 0.4) is 0 Å². The quantitative estimate of drug-likeness (QED) is 0.858. The van der Waals surface area contributed by atoms with Crippen LogP contribution in [0.25, 0.3) is 0 Å². The molecule has 1 aromatic rings. The molecule has 1 N–H and O–H groups in total. The monoisotopic (exact) mass is 242 g/mol. The van der Waals surface area contributed by atoms with Crippen molar-refractivity contribution in [2.24, 2.45) is 0 Å². The first kappa shape index (κ1) is 12.8. The summed E-state index contributed by atoms with van der Waals surface area (Å²) >= 11 is 0. The number of benzene rings is 1. The Balaban J connectivity index is 3.09. The largest absolute Gasteiger partial charge is 0.370 e. The minimum atomic E-state index is -3.23. The lowest BCUT2D eigenvalue weighted by Gasteiger charge is -2.24. The zero-order valence-electron chi connectivity index (χ0n) is 9.90. The van der Waals surface area contributed by atoms with E-state index in [0.717, 1.165) is 25.0 Å². The molecule has 0 saturated carbocycles. The Kier molecular flexibility index (Phi) is 4.18. The van der Waals surface area contributed by atoms with E-state index in [9.17, 15) is 8.42 Å². The fourth-order valence-corrected chi connectivity index (χ4v) is 2.17. The van der Waals surface area contributed by atoms with Gasteiger partial charge in [0.1, 0.15) is 0 Å². The third-order valence-corrected chi connectivity index (χ3v) is 2.89. The smallest absolute Gasteiger partial charge is 0.229 e. The molecule has 0 fully saturated rings. The van der Waals surface area contributed by atoms with Crippen molar-refractivity contribution < 1.29 is 8.42 Å². The molecule has 0 radical (unpaired) electrons. The van der Waals surface area contributed by atoms with Gasteiger partial charge in [0, 0.05) is 13.1 Å². The Morgan fingerprint density at radius 3 is 2.25 bits per heavy atom. The molecule has 0 aromatic heterocycles. The summed E-state index contributed by atoms with van der Waals surface area (Å²) in [5.74, 6) is 0. The molecular formula is C11H18N2O2S. The van der Waals surface area contributed by atoms with Gasteiger partial charge in [-0.2, -0.15) is 0 Å². The Hall–Kier alpha value is -1.23. The van der Waals surface area contributed by atoms with Crippen molar-refractivity contribution in [3.63, 3.8) is 0 Å². The standard InChI is InChI=1S/C11H18N2O2S/c1-4-13(5-2)11-9-7-6-8-10(11)12-16(3,14)15/h6-9,12H,4-5H2,1-3H3. The van der Waals surface area contributed by atoms with E-state index in [1.165, 1.54) is 0 Å². The highest BCUT2D eigenvalue weighted by Crippen LogP contribution is 2.25. The normalized spacial score (nSPS) is 11.2. The first-order valence-electron chi connectivity index (χ1n) is 5.29. The van der Waals surface area contributed by atoms with Crippen LogP contribution in [-0.2, 0) is 10.0 Å². The molecule has 0 heterocycles. The summed E-state index contributed by atoms with van der Waals surface area (Å²) in [6, 6.07) is 7.41. The van der Waals surface area contributed by atoms with Gasteiger partial charge in [0.15, 0.2) is 0 Å². The van der Waals surface area contributed by atoms with Gasteiger partial charge < -0.3 is 4.90 Å². The van der Waals surface area contributed by atoms with Gasteiger partial charge in [0.05, 0.1) is 17.6 Å². The highest BCUT2D eigenvalue weighted by Gasteiger charge is 2.10.